The number of carbonyl (C=O) groups excluding carboxylic acids is 1. The van der Waals surface area contributed by atoms with Crippen molar-refractivity contribution < 1.29 is 9.53 Å². The average Bonchev–Trinajstić information content (AvgIpc) is 2.99. The smallest absolute Gasteiger partial charge is 0.120 e. The highest BCUT2D eigenvalue weighted by atomic mass is 16.6. The van der Waals surface area contributed by atoms with Crippen LogP contribution in [0.1, 0.15) is 17.9 Å². The molecule has 0 aromatic heterocycles. The minimum Gasteiger partial charge on any atom is -0.372 e. The third kappa shape index (κ3) is 1.95. The van der Waals surface area contributed by atoms with Gasteiger partial charge in [0, 0.05) is 12.3 Å². The van der Waals surface area contributed by atoms with Crippen LogP contribution in [0.5, 0.6) is 0 Å². The number of aldehydes is 1. The lowest BCUT2D eigenvalue weighted by molar-refractivity contribution is -0.108. The van der Waals surface area contributed by atoms with E-state index in [1.54, 1.807) is 0 Å². The fourth-order valence-corrected chi connectivity index (χ4v) is 1.59. The van der Waals surface area contributed by atoms with Crippen LogP contribution in [-0.4, -0.2) is 19.0 Å². The minimum atomic E-state index is 0.263. The average molecular weight is 176 g/mol. The molecule has 68 valence electrons. The number of hydrogen-bond donors (Lipinski definition) is 0. The predicted octanol–water partition coefficient (Wildman–Crippen LogP) is 1.76. The maximum absolute atomic E-state index is 10.5. The van der Waals surface area contributed by atoms with Crippen molar-refractivity contribution in [1.82, 2.24) is 0 Å². The van der Waals surface area contributed by atoms with Crippen molar-refractivity contribution in [3.05, 3.63) is 35.9 Å². The first kappa shape index (κ1) is 8.45. The van der Waals surface area contributed by atoms with Gasteiger partial charge in [-0.15, -0.1) is 0 Å². The highest BCUT2D eigenvalue weighted by Gasteiger charge is 2.33. The monoisotopic (exact) mass is 176 g/mol. The van der Waals surface area contributed by atoms with Crippen LogP contribution in [0.3, 0.4) is 0 Å². The van der Waals surface area contributed by atoms with Crippen molar-refractivity contribution in [2.45, 2.75) is 18.4 Å². The van der Waals surface area contributed by atoms with E-state index in [9.17, 15) is 4.79 Å². The molecule has 0 saturated carbocycles. The molecule has 13 heavy (non-hydrogen) atoms. The van der Waals surface area contributed by atoms with Crippen molar-refractivity contribution in [2.24, 2.45) is 0 Å². The topological polar surface area (TPSA) is 29.6 Å². The second-order valence-electron chi connectivity index (χ2n) is 3.29. The summed E-state index contributed by atoms with van der Waals surface area (Å²) in [5.41, 5.74) is 1.21. The molecule has 1 saturated heterocycles. The van der Waals surface area contributed by atoms with E-state index in [-0.39, 0.29) is 12.0 Å². The quantitative estimate of drug-likeness (QED) is 0.516. The SMILES string of the molecule is O=CC[C@@H](c1ccccc1)[C@H]1CO1. The summed E-state index contributed by atoms with van der Waals surface area (Å²) >= 11 is 0. The zero-order valence-corrected chi connectivity index (χ0v) is 7.35. The Morgan fingerprint density at radius 1 is 1.46 bits per heavy atom. The summed E-state index contributed by atoms with van der Waals surface area (Å²) < 4.78 is 5.22. The minimum absolute atomic E-state index is 0.263. The molecule has 0 aliphatic carbocycles. The van der Waals surface area contributed by atoms with Gasteiger partial charge in [0.15, 0.2) is 0 Å². The van der Waals surface area contributed by atoms with E-state index in [1.807, 2.05) is 18.2 Å². The Bertz CT molecular complexity index is 277. The third-order valence-corrected chi connectivity index (χ3v) is 2.39. The van der Waals surface area contributed by atoms with Gasteiger partial charge in [-0.1, -0.05) is 30.3 Å². The first-order valence-electron chi connectivity index (χ1n) is 4.52. The van der Waals surface area contributed by atoms with Gasteiger partial charge in [0.2, 0.25) is 0 Å². The molecule has 1 aromatic carbocycles. The van der Waals surface area contributed by atoms with Gasteiger partial charge in [-0.25, -0.2) is 0 Å². The van der Waals surface area contributed by atoms with Crippen molar-refractivity contribution in [3.8, 4) is 0 Å². The summed E-state index contributed by atoms with van der Waals surface area (Å²) in [5.74, 6) is 0.263. The van der Waals surface area contributed by atoms with Gasteiger partial charge in [-0.05, 0) is 5.56 Å². The summed E-state index contributed by atoms with van der Waals surface area (Å²) in [7, 11) is 0. The van der Waals surface area contributed by atoms with Crippen LogP contribution < -0.4 is 0 Å². The largest absolute Gasteiger partial charge is 0.372 e. The maximum atomic E-state index is 10.5. The van der Waals surface area contributed by atoms with Gasteiger partial charge in [0.05, 0.1) is 12.7 Å². The Hall–Kier alpha value is -1.15. The molecule has 2 atom stereocenters. The molecule has 1 heterocycles. The predicted molar refractivity (Wildman–Crippen MR) is 49.6 cm³/mol. The molecule has 2 rings (SSSR count). The molecular weight excluding hydrogens is 164 g/mol. The first-order valence-corrected chi connectivity index (χ1v) is 4.52. The highest BCUT2D eigenvalue weighted by Crippen LogP contribution is 2.31. The molecule has 0 bridgehead atoms. The van der Waals surface area contributed by atoms with Crippen LogP contribution in [0, 0.1) is 0 Å². The fourth-order valence-electron chi connectivity index (χ4n) is 1.59. The van der Waals surface area contributed by atoms with Crippen LogP contribution in [0.4, 0.5) is 0 Å². The van der Waals surface area contributed by atoms with Crippen LogP contribution in [0.25, 0.3) is 0 Å². The Morgan fingerprint density at radius 2 is 2.15 bits per heavy atom. The Morgan fingerprint density at radius 3 is 2.69 bits per heavy atom. The molecule has 2 nitrogen and oxygen atoms in total. The van der Waals surface area contributed by atoms with Crippen molar-refractivity contribution >= 4 is 6.29 Å². The number of ether oxygens (including phenoxy) is 1. The lowest BCUT2D eigenvalue weighted by atomic mass is 9.93. The van der Waals surface area contributed by atoms with Gasteiger partial charge in [-0.2, -0.15) is 0 Å². The Kier molecular flexibility index (Phi) is 2.41. The summed E-state index contributed by atoms with van der Waals surface area (Å²) in [4.78, 5) is 10.5. The summed E-state index contributed by atoms with van der Waals surface area (Å²) in [5, 5.41) is 0. The number of epoxide rings is 1. The van der Waals surface area contributed by atoms with E-state index in [0.717, 1.165) is 12.9 Å². The number of hydrogen-bond acceptors (Lipinski definition) is 2. The summed E-state index contributed by atoms with van der Waals surface area (Å²) in [6.45, 7) is 0.799. The normalized spacial score (nSPS) is 22.3. The van der Waals surface area contributed by atoms with Crippen molar-refractivity contribution in [1.29, 1.82) is 0 Å². The first-order chi connectivity index (χ1) is 6.42. The lowest BCUT2D eigenvalue weighted by Crippen LogP contribution is -2.06. The Balaban J connectivity index is 2.14. The molecule has 1 aliphatic heterocycles. The zero-order valence-electron chi connectivity index (χ0n) is 7.35. The van der Waals surface area contributed by atoms with Crippen molar-refractivity contribution in [2.75, 3.05) is 6.61 Å². The van der Waals surface area contributed by atoms with Crippen LogP contribution in [0.15, 0.2) is 30.3 Å². The Labute approximate surface area is 77.5 Å². The molecule has 1 fully saturated rings. The molecule has 1 aliphatic rings. The van der Waals surface area contributed by atoms with Gasteiger partial charge in [0.25, 0.3) is 0 Å². The molecule has 2 heteroatoms. The maximum Gasteiger partial charge on any atom is 0.120 e. The summed E-state index contributed by atoms with van der Waals surface area (Å²) in [6, 6.07) is 10.1. The van der Waals surface area contributed by atoms with Crippen LogP contribution >= 0.6 is 0 Å². The van der Waals surface area contributed by atoms with E-state index in [2.05, 4.69) is 12.1 Å². The molecule has 0 unspecified atom stereocenters. The van der Waals surface area contributed by atoms with Crippen molar-refractivity contribution in [3.63, 3.8) is 0 Å². The summed E-state index contributed by atoms with van der Waals surface area (Å²) in [6.07, 6.45) is 1.81. The second-order valence-corrected chi connectivity index (χ2v) is 3.29. The standard InChI is InChI=1S/C11H12O2/c12-7-6-10(11-8-13-11)9-4-2-1-3-5-9/h1-5,7,10-11H,6,8H2/t10-,11+/m0/s1. The number of rotatable bonds is 4. The molecule has 0 radical (unpaired) electrons. The van der Waals surface area contributed by atoms with E-state index >= 15 is 0 Å². The van der Waals surface area contributed by atoms with E-state index in [4.69, 9.17) is 4.74 Å². The molecule has 1 aromatic rings. The second kappa shape index (κ2) is 3.71. The van der Waals surface area contributed by atoms with Gasteiger partial charge in [-0.3, -0.25) is 0 Å². The molecular formula is C11H12O2. The number of carbonyl (C=O) groups is 1. The van der Waals surface area contributed by atoms with Crippen LogP contribution in [0.2, 0.25) is 0 Å². The van der Waals surface area contributed by atoms with E-state index < -0.39 is 0 Å². The van der Waals surface area contributed by atoms with E-state index in [0.29, 0.717) is 6.42 Å². The zero-order chi connectivity index (χ0) is 9.10. The lowest BCUT2D eigenvalue weighted by Gasteiger charge is -2.10. The van der Waals surface area contributed by atoms with E-state index in [1.165, 1.54) is 5.56 Å². The van der Waals surface area contributed by atoms with Gasteiger partial charge < -0.3 is 9.53 Å². The van der Waals surface area contributed by atoms with Gasteiger partial charge >= 0.3 is 0 Å². The third-order valence-electron chi connectivity index (χ3n) is 2.39. The molecule has 0 spiro atoms. The molecule has 0 amide bonds. The highest BCUT2D eigenvalue weighted by molar-refractivity contribution is 5.52. The van der Waals surface area contributed by atoms with Gasteiger partial charge in [0.1, 0.15) is 6.29 Å². The molecule has 0 N–H and O–H groups in total. The number of benzene rings is 1. The van der Waals surface area contributed by atoms with Crippen LogP contribution in [-0.2, 0) is 9.53 Å². The fraction of sp³-hybridized carbons (Fsp3) is 0.364.